The molecule has 140 valence electrons. The van der Waals surface area contributed by atoms with Crippen molar-refractivity contribution < 1.29 is 13.9 Å². The second-order valence-corrected chi connectivity index (χ2v) is 7.88. The fraction of sp³-hybridized carbons (Fsp3) is 0.455. The quantitative estimate of drug-likeness (QED) is 0.845. The topological polar surface area (TPSA) is 30.5 Å². The highest BCUT2D eigenvalue weighted by Gasteiger charge is 2.30. The minimum absolute atomic E-state index is 0.0925. The van der Waals surface area contributed by atoms with Crippen LogP contribution >= 0.6 is 0 Å². The molecule has 1 N–H and O–H groups in total. The second kappa shape index (κ2) is 7.87. The summed E-state index contributed by atoms with van der Waals surface area (Å²) in [5.74, 6) is -0.240. The van der Waals surface area contributed by atoms with Gasteiger partial charge in [0.25, 0.3) is 0 Å². The van der Waals surface area contributed by atoms with Gasteiger partial charge in [0.2, 0.25) is 0 Å². The number of ether oxygens (including phenoxy) is 2. The number of hydrogen-bond donors (Lipinski definition) is 1. The lowest BCUT2D eigenvalue weighted by Gasteiger charge is -2.35. The third-order valence-electron chi connectivity index (χ3n) is 4.81. The molecule has 0 radical (unpaired) electrons. The largest absolute Gasteiger partial charge is 0.349 e. The maximum atomic E-state index is 13.2. The van der Waals surface area contributed by atoms with E-state index in [2.05, 4.69) is 50.4 Å². The number of halogens is 1. The van der Waals surface area contributed by atoms with Crippen LogP contribution in [0.4, 0.5) is 4.39 Å². The molecule has 0 aromatic heterocycles. The van der Waals surface area contributed by atoms with Crippen molar-refractivity contribution in [1.82, 2.24) is 5.32 Å². The zero-order valence-electron chi connectivity index (χ0n) is 16.0. The lowest BCUT2D eigenvalue weighted by atomic mass is 9.86. The van der Waals surface area contributed by atoms with E-state index in [0.717, 1.165) is 17.7 Å². The number of morpholine rings is 1. The van der Waals surface area contributed by atoms with Gasteiger partial charge in [-0.25, -0.2) is 4.39 Å². The van der Waals surface area contributed by atoms with Gasteiger partial charge < -0.3 is 14.8 Å². The monoisotopic (exact) mass is 357 g/mol. The van der Waals surface area contributed by atoms with Crippen molar-refractivity contribution in [1.29, 1.82) is 0 Å². The maximum Gasteiger partial charge on any atom is 0.177 e. The van der Waals surface area contributed by atoms with Gasteiger partial charge >= 0.3 is 0 Å². The van der Waals surface area contributed by atoms with Crippen LogP contribution in [0.3, 0.4) is 0 Å². The van der Waals surface area contributed by atoms with Gasteiger partial charge in [0, 0.05) is 6.54 Å². The molecule has 1 saturated heterocycles. The summed E-state index contributed by atoms with van der Waals surface area (Å²) in [6.45, 7) is 10.00. The number of hydrogen-bond acceptors (Lipinski definition) is 3. The van der Waals surface area contributed by atoms with E-state index >= 15 is 0 Å². The third-order valence-corrected chi connectivity index (χ3v) is 4.81. The standard InChI is InChI=1S/C22H28FNO2/c1-15(17-6-5-7-18(14-17)22(2,3)4)26-21-20(24-12-13-25-21)16-8-10-19(23)11-9-16/h5-11,14-15,20-21,24H,12-13H2,1-4H3/t15-,20+,21-/m1/s1. The highest BCUT2D eigenvalue weighted by atomic mass is 19.1. The second-order valence-electron chi connectivity index (χ2n) is 7.88. The maximum absolute atomic E-state index is 13.2. The SMILES string of the molecule is C[C@@H](O[C@H]1OCCN[C@H]1c1ccc(F)cc1)c1cccc(C(C)(C)C)c1. The lowest BCUT2D eigenvalue weighted by Crippen LogP contribution is -2.43. The van der Waals surface area contributed by atoms with E-state index in [1.807, 2.05) is 6.92 Å². The van der Waals surface area contributed by atoms with Crippen LogP contribution in [0.15, 0.2) is 48.5 Å². The smallest absolute Gasteiger partial charge is 0.177 e. The van der Waals surface area contributed by atoms with Gasteiger partial charge in [0.05, 0.1) is 18.8 Å². The minimum atomic E-state index is -0.414. The van der Waals surface area contributed by atoms with E-state index in [0.29, 0.717) is 6.61 Å². The summed E-state index contributed by atoms with van der Waals surface area (Å²) in [6, 6.07) is 14.9. The van der Waals surface area contributed by atoms with Crippen LogP contribution in [-0.2, 0) is 14.9 Å². The van der Waals surface area contributed by atoms with Crippen molar-refractivity contribution in [2.45, 2.75) is 51.5 Å². The Morgan fingerprint density at radius 1 is 1.15 bits per heavy atom. The zero-order chi connectivity index (χ0) is 18.7. The number of rotatable bonds is 4. The van der Waals surface area contributed by atoms with Crippen LogP contribution in [0, 0.1) is 5.82 Å². The van der Waals surface area contributed by atoms with Gasteiger partial charge in [-0.15, -0.1) is 0 Å². The minimum Gasteiger partial charge on any atom is -0.349 e. The predicted octanol–water partition coefficient (Wildman–Crippen LogP) is 4.89. The molecule has 2 aromatic carbocycles. The Bertz CT molecular complexity index is 724. The van der Waals surface area contributed by atoms with Crippen molar-refractivity contribution >= 4 is 0 Å². The first-order chi connectivity index (χ1) is 12.3. The molecule has 26 heavy (non-hydrogen) atoms. The average Bonchev–Trinajstić information content (AvgIpc) is 2.62. The molecule has 2 aromatic rings. The van der Waals surface area contributed by atoms with E-state index in [1.54, 1.807) is 12.1 Å². The summed E-state index contributed by atoms with van der Waals surface area (Å²) >= 11 is 0. The molecule has 1 heterocycles. The fourth-order valence-electron chi connectivity index (χ4n) is 3.18. The van der Waals surface area contributed by atoms with Gasteiger partial charge in [-0.05, 0) is 41.2 Å². The van der Waals surface area contributed by atoms with Gasteiger partial charge in [-0.1, -0.05) is 57.2 Å². The van der Waals surface area contributed by atoms with E-state index in [-0.39, 0.29) is 23.4 Å². The molecule has 0 aliphatic carbocycles. The van der Waals surface area contributed by atoms with Crippen molar-refractivity contribution in [3.63, 3.8) is 0 Å². The van der Waals surface area contributed by atoms with Crippen LogP contribution < -0.4 is 5.32 Å². The molecule has 0 spiro atoms. The van der Waals surface area contributed by atoms with Crippen molar-refractivity contribution in [3.05, 3.63) is 71.0 Å². The molecular formula is C22H28FNO2. The zero-order valence-corrected chi connectivity index (χ0v) is 16.0. The Morgan fingerprint density at radius 2 is 1.88 bits per heavy atom. The molecule has 1 aliphatic heterocycles. The Labute approximate surface area is 155 Å². The molecule has 0 saturated carbocycles. The summed E-state index contributed by atoms with van der Waals surface area (Å²) in [5, 5.41) is 3.42. The Kier molecular flexibility index (Phi) is 5.76. The first-order valence-electron chi connectivity index (χ1n) is 9.21. The van der Waals surface area contributed by atoms with Crippen LogP contribution in [0.5, 0.6) is 0 Å². The average molecular weight is 357 g/mol. The summed E-state index contributed by atoms with van der Waals surface area (Å²) in [7, 11) is 0. The first-order valence-corrected chi connectivity index (χ1v) is 9.21. The molecular weight excluding hydrogens is 329 g/mol. The third kappa shape index (κ3) is 4.50. The Morgan fingerprint density at radius 3 is 2.58 bits per heavy atom. The van der Waals surface area contributed by atoms with Crippen molar-refractivity contribution in [3.8, 4) is 0 Å². The van der Waals surface area contributed by atoms with Gasteiger partial charge in [-0.2, -0.15) is 0 Å². The first kappa shape index (κ1) is 19.0. The van der Waals surface area contributed by atoms with E-state index in [1.165, 1.54) is 17.7 Å². The molecule has 3 nitrogen and oxygen atoms in total. The van der Waals surface area contributed by atoms with E-state index in [9.17, 15) is 4.39 Å². The molecule has 1 fully saturated rings. The molecule has 4 heteroatoms. The van der Waals surface area contributed by atoms with Crippen LogP contribution in [0.1, 0.15) is 56.5 Å². The van der Waals surface area contributed by atoms with Crippen molar-refractivity contribution in [2.24, 2.45) is 0 Å². The van der Waals surface area contributed by atoms with E-state index in [4.69, 9.17) is 9.47 Å². The molecule has 3 rings (SSSR count). The highest BCUT2D eigenvalue weighted by Crippen LogP contribution is 2.30. The number of nitrogens with one attached hydrogen (secondary N) is 1. The summed E-state index contributed by atoms with van der Waals surface area (Å²) < 4.78 is 25.4. The summed E-state index contributed by atoms with van der Waals surface area (Å²) in [6.07, 6.45) is -0.521. The van der Waals surface area contributed by atoms with Gasteiger partial charge in [-0.3, -0.25) is 0 Å². The van der Waals surface area contributed by atoms with Crippen LogP contribution in [-0.4, -0.2) is 19.4 Å². The summed E-state index contributed by atoms with van der Waals surface area (Å²) in [4.78, 5) is 0. The van der Waals surface area contributed by atoms with Crippen molar-refractivity contribution in [2.75, 3.05) is 13.2 Å². The molecule has 0 unspecified atom stereocenters. The van der Waals surface area contributed by atoms with Gasteiger partial charge in [0.1, 0.15) is 5.82 Å². The van der Waals surface area contributed by atoms with Crippen LogP contribution in [0.25, 0.3) is 0 Å². The highest BCUT2D eigenvalue weighted by molar-refractivity contribution is 5.30. The van der Waals surface area contributed by atoms with Gasteiger partial charge in [0.15, 0.2) is 6.29 Å². The Hall–Kier alpha value is -1.75. The normalized spacial score (nSPS) is 22.2. The fourth-order valence-corrected chi connectivity index (χ4v) is 3.18. The molecule has 3 atom stereocenters. The molecule has 0 amide bonds. The summed E-state index contributed by atoms with van der Waals surface area (Å²) in [5.41, 5.74) is 3.47. The molecule has 0 bridgehead atoms. The predicted molar refractivity (Wildman–Crippen MR) is 102 cm³/mol. The lowest BCUT2D eigenvalue weighted by molar-refractivity contribution is -0.200. The molecule has 1 aliphatic rings. The van der Waals surface area contributed by atoms with Crippen LogP contribution in [0.2, 0.25) is 0 Å². The number of benzene rings is 2. The van der Waals surface area contributed by atoms with E-state index < -0.39 is 6.29 Å². The Balaban J connectivity index is 1.76.